The third-order valence-electron chi connectivity index (χ3n) is 3.50. The SMILES string of the molecule is CCOCCC(=O)C1CCc2ccccc2C1. The summed E-state index contributed by atoms with van der Waals surface area (Å²) in [6.45, 7) is 3.23. The minimum absolute atomic E-state index is 0.213. The Hall–Kier alpha value is -1.15. The van der Waals surface area contributed by atoms with Gasteiger partial charge < -0.3 is 4.74 Å². The largest absolute Gasteiger partial charge is 0.381 e. The number of hydrogen-bond donors (Lipinski definition) is 0. The van der Waals surface area contributed by atoms with Crippen molar-refractivity contribution in [3.05, 3.63) is 35.4 Å². The average molecular weight is 232 g/mol. The Balaban J connectivity index is 1.91. The summed E-state index contributed by atoms with van der Waals surface area (Å²) in [6.07, 6.45) is 3.53. The quantitative estimate of drug-likeness (QED) is 0.730. The van der Waals surface area contributed by atoms with Gasteiger partial charge in [-0.1, -0.05) is 24.3 Å². The standard InChI is InChI=1S/C15H20O2/c1-2-17-10-9-15(16)14-8-7-12-5-3-4-6-13(12)11-14/h3-6,14H,2,7-11H2,1H3. The summed E-state index contributed by atoms with van der Waals surface area (Å²) in [5, 5.41) is 0. The molecule has 0 heterocycles. The topological polar surface area (TPSA) is 26.3 Å². The first-order chi connectivity index (χ1) is 8.31. The van der Waals surface area contributed by atoms with Crippen molar-refractivity contribution in [2.24, 2.45) is 5.92 Å². The van der Waals surface area contributed by atoms with Crippen LogP contribution in [0.3, 0.4) is 0 Å². The first kappa shape index (κ1) is 12.3. The molecule has 2 heteroatoms. The molecule has 0 saturated heterocycles. The van der Waals surface area contributed by atoms with E-state index < -0.39 is 0 Å². The van der Waals surface area contributed by atoms with Crippen molar-refractivity contribution in [1.29, 1.82) is 0 Å². The van der Waals surface area contributed by atoms with E-state index in [-0.39, 0.29) is 5.92 Å². The van der Waals surface area contributed by atoms with Crippen LogP contribution in [0.2, 0.25) is 0 Å². The van der Waals surface area contributed by atoms with Crippen molar-refractivity contribution < 1.29 is 9.53 Å². The van der Waals surface area contributed by atoms with Gasteiger partial charge in [-0.25, -0.2) is 0 Å². The lowest BCUT2D eigenvalue weighted by Crippen LogP contribution is -2.23. The maximum Gasteiger partial charge on any atom is 0.138 e. The molecule has 2 rings (SSSR count). The number of carbonyl (C=O) groups excluding carboxylic acids is 1. The Morgan fingerprint density at radius 1 is 1.35 bits per heavy atom. The molecule has 1 aliphatic rings. The fourth-order valence-electron chi connectivity index (χ4n) is 2.49. The molecule has 92 valence electrons. The van der Waals surface area contributed by atoms with Gasteiger partial charge in [0.15, 0.2) is 0 Å². The van der Waals surface area contributed by atoms with E-state index in [0.29, 0.717) is 25.4 Å². The number of hydrogen-bond acceptors (Lipinski definition) is 2. The van der Waals surface area contributed by atoms with Gasteiger partial charge in [0.25, 0.3) is 0 Å². The normalized spacial score (nSPS) is 18.8. The van der Waals surface area contributed by atoms with Gasteiger partial charge in [-0.05, 0) is 37.3 Å². The number of carbonyl (C=O) groups is 1. The Bertz CT molecular complexity index is 384. The number of benzene rings is 1. The fourth-order valence-corrected chi connectivity index (χ4v) is 2.49. The van der Waals surface area contributed by atoms with E-state index in [4.69, 9.17) is 4.74 Å². The van der Waals surface area contributed by atoms with Gasteiger partial charge in [0, 0.05) is 18.9 Å². The molecular formula is C15H20O2. The summed E-state index contributed by atoms with van der Waals surface area (Å²) in [7, 11) is 0. The van der Waals surface area contributed by atoms with Crippen LogP contribution in [0.25, 0.3) is 0 Å². The Kier molecular flexibility index (Phi) is 4.32. The van der Waals surface area contributed by atoms with Crippen LogP contribution in [0.15, 0.2) is 24.3 Å². The van der Waals surface area contributed by atoms with Gasteiger partial charge >= 0.3 is 0 Å². The fraction of sp³-hybridized carbons (Fsp3) is 0.533. The van der Waals surface area contributed by atoms with Gasteiger partial charge in [0.2, 0.25) is 0 Å². The molecule has 0 amide bonds. The summed E-state index contributed by atoms with van der Waals surface area (Å²) in [5.74, 6) is 0.582. The predicted octanol–water partition coefficient (Wildman–Crippen LogP) is 2.79. The summed E-state index contributed by atoms with van der Waals surface area (Å²) in [4.78, 5) is 12.0. The zero-order valence-corrected chi connectivity index (χ0v) is 10.4. The monoisotopic (exact) mass is 232 g/mol. The van der Waals surface area contributed by atoms with E-state index in [0.717, 1.165) is 19.3 Å². The lowest BCUT2D eigenvalue weighted by atomic mass is 9.81. The molecule has 0 fully saturated rings. The molecule has 0 bridgehead atoms. The predicted molar refractivity (Wildman–Crippen MR) is 68.1 cm³/mol. The third-order valence-corrected chi connectivity index (χ3v) is 3.50. The molecule has 17 heavy (non-hydrogen) atoms. The third kappa shape index (κ3) is 3.16. The van der Waals surface area contributed by atoms with Crippen molar-refractivity contribution in [2.45, 2.75) is 32.6 Å². The van der Waals surface area contributed by atoms with Crippen molar-refractivity contribution >= 4 is 5.78 Å². The van der Waals surface area contributed by atoms with Crippen LogP contribution >= 0.6 is 0 Å². The van der Waals surface area contributed by atoms with Crippen molar-refractivity contribution in [2.75, 3.05) is 13.2 Å². The van der Waals surface area contributed by atoms with E-state index >= 15 is 0 Å². The summed E-state index contributed by atoms with van der Waals surface area (Å²) >= 11 is 0. The van der Waals surface area contributed by atoms with Crippen molar-refractivity contribution in [3.63, 3.8) is 0 Å². The molecule has 0 N–H and O–H groups in total. The number of fused-ring (bicyclic) bond motifs is 1. The molecular weight excluding hydrogens is 212 g/mol. The number of rotatable bonds is 5. The molecule has 2 nitrogen and oxygen atoms in total. The molecule has 1 unspecified atom stereocenters. The van der Waals surface area contributed by atoms with E-state index in [1.807, 2.05) is 6.92 Å². The van der Waals surface area contributed by atoms with E-state index in [2.05, 4.69) is 24.3 Å². The zero-order valence-electron chi connectivity index (χ0n) is 10.4. The van der Waals surface area contributed by atoms with Gasteiger partial charge in [-0.15, -0.1) is 0 Å². The van der Waals surface area contributed by atoms with Crippen LogP contribution in [-0.4, -0.2) is 19.0 Å². The van der Waals surface area contributed by atoms with Gasteiger partial charge in [-0.3, -0.25) is 4.79 Å². The highest BCUT2D eigenvalue weighted by Crippen LogP contribution is 2.26. The maximum atomic E-state index is 12.0. The highest BCUT2D eigenvalue weighted by Gasteiger charge is 2.23. The number of Topliss-reactive ketones (excluding diaryl/α,β-unsaturated/α-hetero) is 1. The second kappa shape index (κ2) is 5.97. The van der Waals surface area contributed by atoms with Gasteiger partial charge in [0.05, 0.1) is 6.61 Å². The average Bonchev–Trinajstić information content (AvgIpc) is 2.38. The van der Waals surface area contributed by atoms with Crippen LogP contribution in [0.1, 0.15) is 30.9 Å². The second-order valence-corrected chi connectivity index (χ2v) is 4.62. The molecule has 0 saturated carbocycles. The van der Waals surface area contributed by atoms with Crippen LogP contribution in [0, 0.1) is 5.92 Å². The van der Waals surface area contributed by atoms with E-state index in [1.165, 1.54) is 11.1 Å². The Labute approximate surface area is 103 Å². The molecule has 1 aliphatic carbocycles. The van der Waals surface area contributed by atoms with Crippen molar-refractivity contribution in [3.8, 4) is 0 Å². The Morgan fingerprint density at radius 3 is 2.88 bits per heavy atom. The first-order valence-electron chi connectivity index (χ1n) is 6.48. The summed E-state index contributed by atoms with van der Waals surface area (Å²) in [6, 6.07) is 8.47. The number of aryl methyl sites for hydroxylation is 1. The number of ether oxygens (including phenoxy) is 1. The van der Waals surface area contributed by atoms with Crippen LogP contribution in [-0.2, 0) is 22.4 Å². The van der Waals surface area contributed by atoms with Crippen molar-refractivity contribution in [1.82, 2.24) is 0 Å². The molecule has 0 spiro atoms. The molecule has 1 aromatic rings. The molecule has 0 aromatic heterocycles. The van der Waals surface area contributed by atoms with E-state index in [1.54, 1.807) is 0 Å². The highest BCUT2D eigenvalue weighted by atomic mass is 16.5. The molecule has 1 aromatic carbocycles. The smallest absolute Gasteiger partial charge is 0.138 e. The van der Waals surface area contributed by atoms with Crippen LogP contribution in [0.4, 0.5) is 0 Å². The van der Waals surface area contributed by atoms with Crippen LogP contribution in [0.5, 0.6) is 0 Å². The van der Waals surface area contributed by atoms with Gasteiger partial charge in [0.1, 0.15) is 5.78 Å². The molecule has 0 aliphatic heterocycles. The molecule has 0 radical (unpaired) electrons. The highest BCUT2D eigenvalue weighted by molar-refractivity contribution is 5.81. The summed E-state index contributed by atoms with van der Waals surface area (Å²) in [5.41, 5.74) is 2.77. The first-order valence-corrected chi connectivity index (χ1v) is 6.48. The zero-order chi connectivity index (χ0) is 12.1. The van der Waals surface area contributed by atoms with Crippen LogP contribution < -0.4 is 0 Å². The lowest BCUT2D eigenvalue weighted by Gasteiger charge is -2.23. The minimum Gasteiger partial charge on any atom is -0.381 e. The lowest BCUT2D eigenvalue weighted by molar-refractivity contribution is -0.124. The minimum atomic E-state index is 0.213. The molecule has 1 atom stereocenters. The van der Waals surface area contributed by atoms with Gasteiger partial charge in [-0.2, -0.15) is 0 Å². The Morgan fingerprint density at radius 2 is 2.12 bits per heavy atom. The second-order valence-electron chi connectivity index (χ2n) is 4.62. The van der Waals surface area contributed by atoms with E-state index in [9.17, 15) is 4.79 Å². The number of ketones is 1. The summed E-state index contributed by atoms with van der Waals surface area (Å²) < 4.78 is 5.24. The maximum absolute atomic E-state index is 12.0.